The van der Waals surface area contributed by atoms with Crippen LogP contribution in [0.4, 0.5) is 10.5 Å². The summed E-state index contributed by atoms with van der Waals surface area (Å²) in [6, 6.07) is 14.2. The van der Waals surface area contributed by atoms with Crippen LogP contribution in [-0.4, -0.2) is 37.5 Å². The summed E-state index contributed by atoms with van der Waals surface area (Å²) in [7, 11) is 3.25. The second-order valence-corrected chi connectivity index (χ2v) is 6.24. The summed E-state index contributed by atoms with van der Waals surface area (Å²) >= 11 is 3.46. The molecule has 0 fully saturated rings. The maximum atomic E-state index is 12.2. The number of hydrogen-bond donors (Lipinski definition) is 2. The number of nitrogens with one attached hydrogen (secondary N) is 2. The molecule has 0 aromatic heterocycles. The van der Waals surface area contributed by atoms with E-state index in [0.29, 0.717) is 18.0 Å². The number of methoxy groups -OCH3 is 1. The van der Waals surface area contributed by atoms with Crippen LogP contribution in [0.1, 0.15) is 5.56 Å². The standard InChI is InChI=1S/C18H20BrN3O3/c1-22(12-13-6-3-4-9-16(13)19)17(23)11-20-18(24)21-14-7-5-8-15(10-14)25-2/h3-10H,11-12H2,1-2H3,(H2,20,21,24). The predicted octanol–water partition coefficient (Wildman–Crippen LogP) is 3.24. The minimum atomic E-state index is -0.448. The average molecular weight is 406 g/mol. The van der Waals surface area contributed by atoms with Gasteiger partial charge in [-0.3, -0.25) is 4.79 Å². The van der Waals surface area contributed by atoms with Crippen LogP contribution in [0, 0.1) is 0 Å². The highest BCUT2D eigenvalue weighted by atomic mass is 79.9. The van der Waals surface area contributed by atoms with Crippen LogP contribution < -0.4 is 15.4 Å². The minimum Gasteiger partial charge on any atom is -0.497 e. The molecule has 7 heteroatoms. The van der Waals surface area contributed by atoms with Crippen molar-refractivity contribution in [1.29, 1.82) is 0 Å². The minimum absolute atomic E-state index is 0.0866. The molecule has 2 aromatic carbocycles. The van der Waals surface area contributed by atoms with E-state index in [2.05, 4.69) is 26.6 Å². The molecule has 0 spiro atoms. The van der Waals surface area contributed by atoms with Gasteiger partial charge in [-0.1, -0.05) is 40.2 Å². The smallest absolute Gasteiger partial charge is 0.319 e. The van der Waals surface area contributed by atoms with Crippen molar-refractivity contribution in [3.05, 3.63) is 58.6 Å². The van der Waals surface area contributed by atoms with Gasteiger partial charge in [0.2, 0.25) is 5.91 Å². The number of hydrogen-bond acceptors (Lipinski definition) is 3. The van der Waals surface area contributed by atoms with Gasteiger partial charge >= 0.3 is 6.03 Å². The topological polar surface area (TPSA) is 70.7 Å². The summed E-state index contributed by atoms with van der Waals surface area (Å²) in [5, 5.41) is 5.22. The van der Waals surface area contributed by atoms with Crippen LogP contribution in [0.3, 0.4) is 0 Å². The summed E-state index contributed by atoms with van der Waals surface area (Å²) in [5.74, 6) is 0.457. The van der Waals surface area contributed by atoms with Crippen LogP contribution in [0.25, 0.3) is 0 Å². The molecule has 2 N–H and O–H groups in total. The number of anilines is 1. The number of amides is 3. The number of benzene rings is 2. The Morgan fingerprint density at radius 1 is 1.16 bits per heavy atom. The van der Waals surface area contributed by atoms with Crippen LogP contribution in [0.5, 0.6) is 5.75 Å². The number of likely N-dealkylation sites (N-methyl/N-ethyl adjacent to an activating group) is 1. The zero-order valence-electron chi connectivity index (χ0n) is 14.1. The van der Waals surface area contributed by atoms with Gasteiger partial charge in [0.05, 0.1) is 13.7 Å². The van der Waals surface area contributed by atoms with Gasteiger partial charge < -0.3 is 20.3 Å². The van der Waals surface area contributed by atoms with Gasteiger partial charge in [-0.25, -0.2) is 4.79 Å². The molecule has 0 saturated heterocycles. The van der Waals surface area contributed by atoms with Gasteiger partial charge in [0, 0.05) is 29.8 Å². The highest BCUT2D eigenvalue weighted by Gasteiger charge is 2.12. The molecule has 0 heterocycles. The first-order chi connectivity index (χ1) is 12.0. The zero-order valence-corrected chi connectivity index (χ0v) is 15.7. The molecule has 0 saturated carbocycles. The maximum Gasteiger partial charge on any atom is 0.319 e. The van der Waals surface area contributed by atoms with Crippen molar-refractivity contribution in [2.75, 3.05) is 26.0 Å². The molecule has 6 nitrogen and oxygen atoms in total. The third-order valence-corrected chi connectivity index (χ3v) is 4.29. The van der Waals surface area contributed by atoms with E-state index in [0.717, 1.165) is 10.0 Å². The molecular formula is C18H20BrN3O3. The molecule has 0 radical (unpaired) electrons. The SMILES string of the molecule is COc1cccc(NC(=O)NCC(=O)N(C)Cc2ccccc2Br)c1. The first kappa shape index (κ1) is 18.8. The van der Waals surface area contributed by atoms with E-state index in [1.165, 1.54) is 0 Å². The number of ether oxygens (including phenoxy) is 1. The zero-order chi connectivity index (χ0) is 18.2. The molecule has 0 aliphatic heterocycles. The Morgan fingerprint density at radius 2 is 1.92 bits per heavy atom. The fourth-order valence-electron chi connectivity index (χ4n) is 2.14. The van der Waals surface area contributed by atoms with Crippen molar-refractivity contribution >= 4 is 33.6 Å². The molecule has 0 unspecified atom stereocenters. The third-order valence-electron chi connectivity index (χ3n) is 3.52. The molecule has 0 atom stereocenters. The van der Waals surface area contributed by atoms with Crippen molar-refractivity contribution in [3.8, 4) is 5.75 Å². The van der Waals surface area contributed by atoms with Crippen LogP contribution in [0.2, 0.25) is 0 Å². The Morgan fingerprint density at radius 3 is 2.64 bits per heavy atom. The Kier molecular flexibility index (Phi) is 6.82. The Balaban J connectivity index is 1.82. The van der Waals surface area contributed by atoms with Crippen molar-refractivity contribution in [2.24, 2.45) is 0 Å². The van der Waals surface area contributed by atoms with E-state index >= 15 is 0 Å². The Labute approximate surface area is 155 Å². The lowest BCUT2D eigenvalue weighted by atomic mass is 10.2. The lowest BCUT2D eigenvalue weighted by Gasteiger charge is -2.18. The summed E-state index contributed by atoms with van der Waals surface area (Å²) in [6.45, 7) is 0.371. The van der Waals surface area contributed by atoms with E-state index in [-0.39, 0.29) is 12.5 Å². The highest BCUT2D eigenvalue weighted by Crippen LogP contribution is 2.17. The number of carbonyl (C=O) groups excluding carboxylic acids is 2. The first-order valence-electron chi connectivity index (χ1n) is 7.66. The number of urea groups is 1. The number of rotatable bonds is 6. The van der Waals surface area contributed by atoms with E-state index in [4.69, 9.17) is 4.74 Å². The fraction of sp³-hybridized carbons (Fsp3) is 0.222. The maximum absolute atomic E-state index is 12.2. The molecule has 0 bridgehead atoms. The van der Waals surface area contributed by atoms with Crippen LogP contribution >= 0.6 is 15.9 Å². The van der Waals surface area contributed by atoms with Gasteiger partial charge in [0.25, 0.3) is 0 Å². The Hall–Kier alpha value is -2.54. The number of carbonyl (C=O) groups is 2. The van der Waals surface area contributed by atoms with Crippen molar-refractivity contribution in [1.82, 2.24) is 10.2 Å². The van der Waals surface area contributed by atoms with Gasteiger partial charge in [0.1, 0.15) is 5.75 Å². The van der Waals surface area contributed by atoms with Crippen molar-refractivity contribution < 1.29 is 14.3 Å². The lowest BCUT2D eigenvalue weighted by Crippen LogP contribution is -2.39. The highest BCUT2D eigenvalue weighted by molar-refractivity contribution is 9.10. The summed E-state index contributed by atoms with van der Waals surface area (Å²) in [4.78, 5) is 25.6. The number of nitrogens with zero attached hydrogens (tertiary/aromatic N) is 1. The number of halogens is 1. The van der Waals surface area contributed by atoms with E-state index in [1.807, 2.05) is 24.3 Å². The quantitative estimate of drug-likeness (QED) is 0.774. The van der Waals surface area contributed by atoms with Crippen LogP contribution in [-0.2, 0) is 11.3 Å². The normalized spacial score (nSPS) is 10.0. The molecule has 132 valence electrons. The second kappa shape index (κ2) is 9.08. The van der Waals surface area contributed by atoms with Crippen molar-refractivity contribution in [3.63, 3.8) is 0 Å². The van der Waals surface area contributed by atoms with Crippen molar-refractivity contribution in [2.45, 2.75) is 6.54 Å². The van der Waals surface area contributed by atoms with Gasteiger partial charge in [0.15, 0.2) is 0 Å². The average Bonchev–Trinajstić information content (AvgIpc) is 2.61. The van der Waals surface area contributed by atoms with Gasteiger partial charge in [-0.15, -0.1) is 0 Å². The van der Waals surface area contributed by atoms with E-state index in [1.54, 1.807) is 43.3 Å². The fourth-order valence-corrected chi connectivity index (χ4v) is 2.55. The summed E-state index contributed by atoms with van der Waals surface area (Å²) < 4.78 is 6.04. The molecule has 25 heavy (non-hydrogen) atoms. The van der Waals surface area contributed by atoms with E-state index < -0.39 is 6.03 Å². The largest absolute Gasteiger partial charge is 0.497 e. The molecule has 2 rings (SSSR count). The third kappa shape index (κ3) is 5.79. The van der Waals surface area contributed by atoms with Gasteiger partial charge in [-0.05, 0) is 23.8 Å². The van der Waals surface area contributed by atoms with Gasteiger partial charge in [-0.2, -0.15) is 0 Å². The monoisotopic (exact) mass is 405 g/mol. The molecule has 3 amide bonds. The van der Waals surface area contributed by atoms with Crippen LogP contribution in [0.15, 0.2) is 53.0 Å². The summed E-state index contributed by atoms with van der Waals surface area (Å²) in [5.41, 5.74) is 1.59. The second-order valence-electron chi connectivity index (χ2n) is 5.38. The molecule has 0 aliphatic rings. The summed E-state index contributed by atoms with van der Waals surface area (Å²) in [6.07, 6.45) is 0. The first-order valence-corrected chi connectivity index (χ1v) is 8.45. The molecular weight excluding hydrogens is 386 g/mol. The molecule has 0 aliphatic carbocycles. The Bertz CT molecular complexity index is 752. The molecule has 2 aromatic rings. The lowest BCUT2D eigenvalue weighted by molar-refractivity contribution is -0.129. The van der Waals surface area contributed by atoms with E-state index in [9.17, 15) is 9.59 Å². The predicted molar refractivity (Wildman–Crippen MR) is 101 cm³/mol.